The minimum atomic E-state index is -1.01. The first-order valence-electron chi connectivity index (χ1n) is 4.75. The van der Waals surface area contributed by atoms with Crippen molar-refractivity contribution < 1.29 is 14.3 Å². The van der Waals surface area contributed by atoms with E-state index in [1.165, 1.54) is 6.07 Å². The molecule has 4 heteroatoms. The van der Waals surface area contributed by atoms with Gasteiger partial charge < -0.3 is 14.4 Å². The normalized spacial score (nSPS) is 21.5. The van der Waals surface area contributed by atoms with Gasteiger partial charge in [0.25, 0.3) is 0 Å². The fourth-order valence-electron chi connectivity index (χ4n) is 1.75. The molecule has 1 aliphatic rings. The summed E-state index contributed by atoms with van der Waals surface area (Å²) in [5.74, 6) is 0.336. The second-order valence-electron chi connectivity index (χ2n) is 3.78. The van der Waals surface area contributed by atoms with Gasteiger partial charge in [-0.3, -0.25) is 0 Å². The van der Waals surface area contributed by atoms with Crippen molar-refractivity contribution in [3.63, 3.8) is 0 Å². The molecule has 0 aromatic carbocycles. The molecule has 1 aromatic heterocycles. The summed E-state index contributed by atoms with van der Waals surface area (Å²) in [6.45, 7) is 4.08. The standard InChI is InChI=1S/C10H13NO3/c1-7-4-5-11(6-7)9-3-2-8(14-9)10(12)13/h2-3,7H,4-6H2,1H3,(H,12,13). The van der Waals surface area contributed by atoms with Crippen LogP contribution in [0.2, 0.25) is 0 Å². The van der Waals surface area contributed by atoms with E-state index in [1.807, 2.05) is 0 Å². The molecule has 0 radical (unpaired) electrons. The van der Waals surface area contributed by atoms with Crippen LogP contribution in [0, 0.1) is 5.92 Å². The molecule has 0 saturated carbocycles. The summed E-state index contributed by atoms with van der Waals surface area (Å²) in [7, 11) is 0. The number of carboxylic acid groups (broad SMARTS) is 1. The number of carboxylic acids is 1. The second-order valence-corrected chi connectivity index (χ2v) is 3.78. The van der Waals surface area contributed by atoms with Crippen LogP contribution in [0.1, 0.15) is 23.9 Å². The summed E-state index contributed by atoms with van der Waals surface area (Å²) in [4.78, 5) is 12.7. The van der Waals surface area contributed by atoms with Crippen LogP contribution in [0.15, 0.2) is 16.5 Å². The van der Waals surface area contributed by atoms with Gasteiger partial charge in [0.15, 0.2) is 5.88 Å². The largest absolute Gasteiger partial charge is 0.475 e. The molecule has 4 nitrogen and oxygen atoms in total. The number of carbonyl (C=O) groups is 1. The highest BCUT2D eigenvalue weighted by atomic mass is 16.4. The zero-order chi connectivity index (χ0) is 10.1. The van der Waals surface area contributed by atoms with Crippen LogP contribution in [-0.2, 0) is 0 Å². The molecule has 0 aliphatic carbocycles. The van der Waals surface area contributed by atoms with Gasteiger partial charge in [0.05, 0.1) is 0 Å². The minimum absolute atomic E-state index is 0.0135. The maximum Gasteiger partial charge on any atom is 0.371 e. The summed E-state index contributed by atoms with van der Waals surface area (Å²) in [6, 6.07) is 3.22. The molecule has 0 amide bonds. The predicted molar refractivity (Wildman–Crippen MR) is 51.7 cm³/mol. The quantitative estimate of drug-likeness (QED) is 0.782. The smallest absolute Gasteiger partial charge is 0.371 e. The van der Waals surface area contributed by atoms with Gasteiger partial charge in [-0.25, -0.2) is 4.79 Å². The molecule has 1 saturated heterocycles. The van der Waals surface area contributed by atoms with E-state index >= 15 is 0 Å². The van der Waals surface area contributed by atoms with Crippen molar-refractivity contribution in [1.82, 2.24) is 0 Å². The molecule has 0 bridgehead atoms. The first-order chi connectivity index (χ1) is 6.66. The fourth-order valence-corrected chi connectivity index (χ4v) is 1.75. The average Bonchev–Trinajstić information content (AvgIpc) is 2.70. The number of furan rings is 1. The lowest BCUT2D eigenvalue weighted by Crippen LogP contribution is -2.18. The van der Waals surface area contributed by atoms with Gasteiger partial charge in [0.1, 0.15) is 0 Å². The lowest BCUT2D eigenvalue weighted by atomic mass is 10.2. The third-order valence-electron chi connectivity index (χ3n) is 2.54. The van der Waals surface area contributed by atoms with Gasteiger partial charge >= 0.3 is 5.97 Å². The molecule has 14 heavy (non-hydrogen) atoms. The van der Waals surface area contributed by atoms with Crippen LogP contribution in [0.25, 0.3) is 0 Å². The number of aromatic carboxylic acids is 1. The van der Waals surface area contributed by atoms with Gasteiger partial charge in [0.2, 0.25) is 5.76 Å². The summed E-state index contributed by atoms with van der Waals surface area (Å²) >= 11 is 0. The average molecular weight is 195 g/mol. The van der Waals surface area contributed by atoms with Crippen LogP contribution in [0.5, 0.6) is 0 Å². The van der Waals surface area contributed by atoms with Crippen LogP contribution < -0.4 is 4.90 Å². The number of rotatable bonds is 2. The highest BCUT2D eigenvalue weighted by Crippen LogP contribution is 2.25. The third kappa shape index (κ3) is 1.60. The highest BCUT2D eigenvalue weighted by Gasteiger charge is 2.22. The van der Waals surface area contributed by atoms with E-state index in [4.69, 9.17) is 9.52 Å². The van der Waals surface area contributed by atoms with E-state index in [9.17, 15) is 4.79 Å². The van der Waals surface area contributed by atoms with Gasteiger partial charge in [-0.15, -0.1) is 0 Å². The third-order valence-corrected chi connectivity index (χ3v) is 2.54. The summed E-state index contributed by atoms with van der Waals surface area (Å²) in [5, 5.41) is 8.68. The van der Waals surface area contributed by atoms with Crippen LogP contribution in [0.3, 0.4) is 0 Å². The summed E-state index contributed by atoms with van der Waals surface area (Å²) in [5.41, 5.74) is 0. The molecule has 2 rings (SSSR count). The Morgan fingerprint density at radius 1 is 1.64 bits per heavy atom. The Bertz CT molecular complexity index is 345. The number of hydrogen-bond acceptors (Lipinski definition) is 3. The van der Waals surface area contributed by atoms with E-state index in [1.54, 1.807) is 6.07 Å². The number of nitrogens with zero attached hydrogens (tertiary/aromatic N) is 1. The van der Waals surface area contributed by atoms with Crippen molar-refractivity contribution in [3.8, 4) is 0 Å². The fraction of sp³-hybridized carbons (Fsp3) is 0.500. The van der Waals surface area contributed by atoms with Crippen molar-refractivity contribution in [3.05, 3.63) is 17.9 Å². The molecule has 1 aliphatic heterocycles. The van der Waals surface area contributed by atoms with Gasteiger partial charge in [0, 0.05) is 19.2 Å². The SMILES string of the molecule is CC1CCN(c2ccc(C(=O)O)o2)C1. The Morgan fingerprint density at radius 2 is 2.43 bits per heavy atom. The van der Waals surface area contributed by atoms with E-state index in [2.05, 4.69) is 11.8 Å². The predicted octanol–water partition coefficient (Wildman–Crippen LogP) is 1.82. The Balaban J connectivity index is 2.13. The molecular weight excluding hydrogens is 182 g/mol. The van der Waals surface area contributed by atoms with E-state index < -0.39 is 5.97 Å². The Morgan fingerprint density at radius 3 is 2.93 bits per heavy atom. The first-order valence-corrected chi connectivity index (χ1v) is 4.75. The Kier molecular flexibility index (Phi) is 2.19. The molecular formula is C10H13NO3. The molecule has 1 fully saturated rings. The molecule has 1 unspecified atom stereocenters. The molecule has 2 heterocycles. The van der Waals surface area contributed by atoms with Gasteiger partial charge in [-0.2, -0.15) is 0 Å². The number of hydrogen-bond donors (Lipinski definition) is 1. The zero-order valence-corrected chi connectivity index (χ0v) is 8.06. The van der Waals surface area contributed by atoms with E-state index in [0.717, 1.165) is 19.5 Å². The first kappa shape index (κ1) is 9.12. The van der Waals surface area contributed by atoms with E-state index in [0.29, 0.717) is 11.8 Å². The Hall–Kier alpha value is -1.45. The van der Waals surface area contributed by atoms with E-state index in [-0.39, 0.29) is 5.76 Å². The molecule has 1 aromatic rings. The van der Waals surface area contributed by atoms with Crippen molar-refractivity contribution >= 4 is 11.9 Å². The second kappa shape index (κ2) is 3.36. The van der Waals surface area contributed by atoms with Crippen molar-refractivity contribution in [2.24, 2.45) is 5.92 Å². The summed E-state index contributed by atoms with van der Waals surface area (Å²) in [6.07, 6.45) is 1.14. The lowest BCUT2D eigenvalue weighted by Gasteiger charge is -2.13. The van der Waals surface area contributed by atoms with Gasteiger partial charge in [-0.05, 0) is 18.4 Å². The van der Waals surface area contributed by atoms with Crippen molar-refractivity contribution in [2.75, 3.05) is 18.0 Å². The number of anilines is 1. The molecule has 1 atom stereocenters. The van der Waals surface area contributed by atoms with Crippen LogP contribution in [-0.4, -0.2) is 24.2 Å². The Labute approximate surface area is 82.1 Å². The van der Waals surface area contributed by atoms with Crippen molar-refractivity contribution in [1.29, 1.82) is 0 Å². The minimum Gasteiger partial charge on any atom is -0.475 e. The molecule has 0 spiro atoms. The lowest BCUT2D eigenvalue weighted by molar-refractivity contribution is 0.0663. The maximum atomic E-state index is 10.6. The maximum absolute atomic E-state index is 10.6. The monoisotopic (exact) mass is 195 g/mol. The van der Waals surface area contributed by atoms with Crippen LogP contribution >= 0.6 is 0 Å². The highest BCUT2D eigenvalue weighted by molar-refractivity contribution is 5.84. The topological polar surface area (TPSA) is 53.7 Å². The van der Waals surface area contributed by atoms with Crippen LogP contribution in [0.4, 0.5) is 5.88 Å². The summed E-state index contributed by atoms with van der Waals surface area (Å²) < 4.78 is 5.20. The molecule has 76 valence electrons. The van der Waals surface area contributed by atoms with Gasteiger partial charge in [-0.1, -0.05) is 6.92 Å². The van der Waals surface area contributed by atoms with Crippen molar-refractivity contribution in [2.45, 2.75) is 13.3 Å². The molecule has 1 N–H and O–H groups in total. The zero-order valence-electron chi connectivity index (χ0n) is 8.06.